The maximum absolute atomic E-state index is 13.0. The minimum Gasteiger partial charge on any atom is -0.502 e. The van der Waals surface area contributed by atoms with Gasteiger partial charge in [-0.2, -0.15) is 0 Å². The molecule has 0 bridgehead atoms. The minimum absolute atomic E-state index is 0.0800. The summed E-state index contributed by atoms with van der Waals surface area (Å²) in [4.78, 5) is 27.5. The zero-order valence-corrected chi connectivity index (χ0v) is 17.9. The smallest absolute Gasteiger partial charge is 0.227 e. The molecule has 7 nitrogen and oxygen atoms in total. The first-order valence-corrected chi connectivity index (χ1v) is 11.0. The first-order valence-electron chi connectivity index (χ1n) is 11.0. The van der Waals surface area contributed by atoms with Crippen LogP contribution in [0.5, 0.6) is 5.75 Å². The van der Waals surface area contributed by atoms with Crippen LogP contribution in [0.2, 0.25) is 0 Å². The lowest BCUT2D eigenvalue weighted by molar-refractivity contribution is -0.124. The van der Waals surface area contributed by atoms with Gasteiger partial charge in [-0.25, -0.2) is 0 Å². The number of ether oxygens (including phenoxy) is 1. The fourth-order valence-electron chi connectivity index (χ4n) is 4.72. The topological polar surface area (TPSA) is 92.0 Å². The Labute approximate surface area is 182 Å². The zero-order valence-electron chi connectivity index (χ0n) is 17.9. The van der Waals surface area contributed by atoms with Gasteiger partial charge in [0.2, 0.25) is 17.1 Å². The average Bonchev–Trinajstić information content (AvgIpc) is 2.78. The number of carbonyl (C=O) groups is 1. The quantitative estimate of drug-likeness (QED) is 0.764. The highest BCUT2D eigenvalue weighted by Crippen LogP contribution is 2.41. The van der Waals surface area contributed by atoms with Crippen molar-refractivity contribution in [3.63, 3.8) is 0 Å². The monoisotopic (exact) mass is 426 g/mol. The summed E-state index contributed by atoms with van der Waals surface area (Å²) >= 11 is 0. The zero-order chi connectivity index (χ0) is 21.8. The van der Waals surface area contributed by atoms with E-state index in [1.54, 1.807) is 6.92 Å². The van der Waals surface area contributed by atoms with E-state index in [-0.39, 0.29) is 24.1 Å². The first kappa shape index (κ1) is 21.4. The predicted octanol–water partition coefficient (Wildman–Crippen LogP) is 2.88. The Balaban J connectivity index is 1.43. The molecule has 1 amide bonds. The summed E-state index contributed by atoms with van der Waals surface area (Å²) in [5.74, 6) is 0.173. The number of rotatable bonds is 5. The van der Waals surface area contributed by atoms with Crippen LogP contribution in [-0.4, -0.2) is 43.4 Å². The van der Waals surface area contributed by atoms with Crippen molar-refractivity contribution in [3.05, 3.63) is 58.1 Å². The molecule has 1 aromatic carbocycles. The number of carbonyl (C=O) groups excluding carboxylic acids is 1. The number of piperidine rings is 1. The highest BCUT2D eigenvalue weighted by Gasteiger charge is 2.42. The van der Waals surface area contributed by atoms with E-state index in [9.17, 15) is 14.7 Å². The van der Waals surface area contributed by atoms with Crippen LogP contribution >= 0.6 is 0 Å². The molecule has 2 N–H and O–H groups in total. The summed E-state index contributed by atoms with van der Waals surface area (Å²) in [6.07, 6.45) is 2.96. The van der Waals surface area contributed by atoms with Crippen molar-refractivity contribution in [1.82, 2.24) is 5.32 Å². The molecule has 0 aliphatic carbocycles. The molecule has 2 aliphatic heterocycles. The Hall–Kier alpha value is -2.80. The lowest BCUT2D eigenvalue weighted by Gasteiger charge is -2.37. The number of anilines is 1. The van der Waals surface area contributed by atoms with Gasteiger partial charge < -0.3 is 24.5 Å². The van der Waals surface area contributed by atoms with Gasteiger partial charge in [-0.3, -0.25) is 9.59 Å². The van der Waals surface area contributed by atoms with E-state index >= 15 is 0 Å². The highest BCUT2D eigenvalue weighted by atomic mass is 16.5. The largest absolute Gasteiger partial charge is 0.502 e. The second kappa shape index (κ2) is 9.14. The number of aromatic hydroxyl groups is 1. The van der Waals surface area contributed by atoms with E-state index in [0.717, 1.165) is 25.9 Å². The lowest BCUT2D eigenvalue weighted by atomic mass is 9.74. The number of amides is 1. The van der Waals surface area contributed by atoms with Crippen molar-refractivity contribution in [2.75, 3.05) is 31.2 Å². The number of hydrogen-bond donors (Lipinski definition) is 2. The van der Waals surface area contributed by atoms with Gasteiger partial charge in [-0.1, -0.05) is 18.2 Å². The standard InChI is InChI=1S/C24H30N2O5/c1-17-15-20(27)22(29)23(31-17)24(9-13-30-14-10-24)16-21(28)25-18-7-11-26(12-8-18)19-5-3-2-4-6-19/h2-6,15,18,29H,7-14,16H2,1H3,(H,25,28). The van der Waals surface area contributed by atoms with Crippen LogP contribution in [-0.2, 0) is 14.9 Å². The van der Waals surface area contributed by atoms with E-state index in [4.69, 9.17) is 9.15 Å². The van der Waals surface area contributed by atoms with Crippen molar-refractivity contribution in [2.45, 2.75) is 50.5 Å². The third-order valence-electron chi connectivity index (χ3n) is 6.46. The van der Waals surface area contributed by atoms with Gasteiger partial charge in [0, 0.05) is 55.9 Å². The molecule has 0 radical (unpaired) electrons. The molecular weight excluding hydrogens is 396 g/mol. The summed E-state index contributed by atoms with van der Waals surface area (Å²) < 4.78 is 11.3. The molecule has 0 saturated carbocycles. The Morgan fingerprint density at radius 3 is 2.55 bits per heavy atom. The van der Waals surface area contributed by atoms with Crippen LogP contribution in [0.25, 0.3) is 0 Å². The second-order valence-corrected chi connectivity index (χ2v) is 8.63. The Bertz CT molecular complexity index is 958. The van der Waals surface area contributed by atoms with Gasteiger partial charge in [-0.15, -0.1) is 0 Å². The number of para-hydroxylation sites is 1. The maximum Gasteiger partial charge on any atom is 0.227 e. The molecule has 7 heteroatoms. The number of hydrogen-bond acceptors (Lipinski definition) is 6. The molecule has 2 aliphatic rings. The molecule has 2 fully saturated rings. The SMILES string of the molecule is Cc1cc(=O)c(O)c(C2(CC(=O)NC3CCN(c4ccccc4)CC3)CCOCC2)o1. The van der Waals surface area contributed by atoms with Gasteiger partial charge in [0.05, 0.1) is 0 Å². The van der Waals surface area contributed by atoms with Crippen LogP contribution in [0.4, 0.5) is 5.69 Å². The summed E-state index contributed by atoms with van der Waals surface area (Å²) in [5, 5.41) is 13.6. The third kappa shape index (κ3) is 4.77. The fraction of sp³-hybridized carbons (Fsp3) is 0.500. The number of aryl methyl sites for hydroxylation is 1. The van der Waals surface area contributed by atoms with Crippen molar-refractivity contribution >= 4 is 11.6 Å². The maximum atomic E-state index is 13.0. The molecule has 0 spiro atoms. The van der Waals surface area contributed by atoms with Crippen LogP contribution < -0.4 is 15.6 Å². The lowest BCUT2D eigenvalue weighted by Crippen LogP contribution is -2.47. The molecule has 166 valence electrons. The molecule has 2 aromatic rings. The van der Waals surface area contributed by atoms with Crippen molar-refractivity contribution in [3.8, 4) is 5.75 Å². The van der Waals surface area contributed by atoms with Gasteiger partial charge in [0.1, 0.15) is 5.76 Å². The predicted molar refractivity (Wildman–Crippen MR) is 118 cm³/mol. The highest BCUT2D eigenvalue weighted by molar-refractivity contribution is 5.78. The van der Waals surface area contributed by atoms with Crippen LogP contribution in [0, 0.1) is 6.92 Å². The molecule has 0 atom stereocenters. The van der Waals surface area contributed by atoms with E-state index in [0.29, 0.717) is 31.8 Å². The third-order valence-corrected chi connectivity index (χ3v) is 6.46. The van der Waals surface area contributed by atoms with Crippen LogP contribution in [0.3, 0.4) is 0 Å². The minimum atomic E-state index is -0.734. The molecule has 2 saturated heterocycles. The summed E-state index contributed by atoms with van der Waals surface area (Å²) in [6, 6.07) is 11.7. The molecule has 1 aromatic heterocycles. The Morgan fingerprint density at radius 1 is 1.19 bits per heavy atom. The van der Waals surface area contributed by atoms with E-state index in [2.05, 4.69) is 22.3 Å². The first-order chi connectivity index (χ1) is 15.0. The normalized spacial score (nSPS) is 19.2. The summed E-state index contributed by atoms with van der Waals surface area (Å²) in [7, 11) is 0. The van der Waals surface area contributed by atoms with Crippen LogP contribution in [0.1, 0.15) is 43.6 Å². The molecule has 0 unspecified atom stereocenters. The van der Waals surface area contributed by atoms with Crippen molar-refractivity contribution in [2.24, 2.45) is 0 Å². The fourth-order valence-corrected chi connectivity index (χ4v) is 4.72. The van der Waals surface area contributed by atoms with E-state index in [1.165, 1.54) is 11.8 Å². The summed E-state index contributed by atoms with van der Waals surface area (Å²) in [6.45, 7) is 4.38. The Kier molecular flexibility index (Phi) is 6.32. The summed E-state index contributed by atoms with van der Waals surface area (Å²) in [5.41, 5.74) is -0.000741. The van der Waals surface area contributed by atoms with Crippen LogP contribution in [0.15, 0.2) is 45.6 Å². The second-order valence-electron chi connectivity index (χ2n) is 8.63. The van der Waals surface area contributed by atoms with Gasteiger partial charge in [0.15, 0.2) is 5.76 Å². The van der Waals surface area contributed by atoms with Crippen molar-refractivity contribution < 1.29 is 19.1 Å². The number of benzene rings is 1. The van der Waals surface area contributed by atoms with E-state index < -0.39 is 16.6 Å². The molecule has 3 heterocycles. The molecule has 4 rings (SSSR count). The number of nitrogens with one attached hydrogen (secondary N) is 1. The average molecular weight is 427 g/mol. The number of nitrogens with zero attached hydrogens (tertiary/aromatic N) is 1. The van der Waals surface area contributed by atoms with Gasteiger partial charge in [-0.05, 0) is 44.7 Å². The van der Waals surface area contributed by atoms with Gasteiger partial charge >= 0.3 is 0 Å². The molecular formula is C24H30N2O5. The Morgan fingerprint density at radius 2 is 1.87 bits per heavy atom. The van der Waals surface area contributed by atoms with Gasteiger partial charge in [0.25, 0.3) is 0 Å². The molecule has 31 heavy (non-hydrogen) atoms. The van der Waals surface area contributed by atoms with Crippen molar-refractivity contribution in [1.29, 1.82) is 0 Å². The van der Waals surface area contributed by atoms with E-state index in [1.807, 2.05) is 18.2 Å².